The number of benzene rings is 2. The van der Waals surface area contributed by atoms with Gasteiger partial charge in [-0.1, -0.05) is 31.2 Å². The number of nitrogens with one attached hydrogen (secondary N) is 2. The highest BCUT2D eigenvalue weighted by molar-refractivity contribution is 14.0. The van der Waals surface area contributed by atoms with Crippen LogP contribution in [0.3, 0.4) is 0 Å². The Morgan fingerprint density at radius 1 is 1.18 bits per heavy atom. The third-order valence-corrected chi connectivity index (χ3v) is 4.37. The molecular weight excluding hydrogens is 463 g/mol. The Hall–Kier alpha value is -2.27. The Bertz CT molecular complexity index is 784. The van der Waals surface area contributed by atoms with E-state index in [0.717, 1.165) is 36.8 Å². The molecule has 0 aromatic heterocycles. The quantitative estimate of drug-likeness (QED) is 0.325. The van der Waals surface area contributed by atoms with E-state index in [4.69, 9.17) is 10.00 Å². The Morgan fingerprint density at radius 3 is 2.57 bits per heavy atom. The van der Waals surface area contributed by atoms with E-state index in [-0.39, 0.29) is 24.0 Å². The number of hydrogen-bond donors (Lipinski definition) is 2. The van der Waals surface area contributed by atoms with Crippen LogP contribution < -0.4 is 15.4 Å². The maximum atomic E-state index is 9.00. The second-order valence-corrected chi connectivity index (χ2v) is 6.40. The van der Waals surface area contributed by atoms with Crippen LogP contribution in [0.15, 0.2) is 53.5 Å². The lowest BCUT2D eigenvalue weighted by Crippen LogP contribution is -2.38. The molecule has 0 fully saturated rings. The number of ether oxygens (including phenoxy) is 1. The first-order chi connectivity index (χ1) is 13.2. The van der Waals surface area contributed by atoms with E-state index in [2.05, 4.69) is 40.8 Å². The number of rotatable bonds is 8. The number of nitriles is 1. The van der Waals surface area contributed by atoms with Gasteiger partial charge in [-0.05, 0) is 54.7 Å². The highest BCUT2D eigenvalue weighted by atomic mass is 127. The first-order valence-electron chi connectivity index (χ1n) is 9.31. The molecule has 2 N–H and O–H groups in total. The molecule has 0 saturated carbocycles. The van der Waals surface area contributed by atoms with Gasteiger partial charge in [0.2, 0.25) is 0 Å². The fourth-order valence-electron chi connectivity index (χ4n) is 2.76. The van der Waals surface area contributed by atoms with E-state index in [1.165, 1.54) is 5.56 Å². The average molecular weight is 492 g/mol. The average Bonchev–Trinajstić information content (AvgIpc) is 2.72. The van der Waals surface area contributed by atoms with Crippen LogP contribution in [0.4, 0.5) is 0 Å². The predicted molar refractivity (Wildman–Crippen MR) is 125 cm³/mol. The first-order valence-corrected chi connectivity index (χ1v) is 9.31. The van der Waals surface area contributed by atoms with Crippen molar-refractivity contribution in [3.63, 3.8) is 0 Å². The maximum absolute atomic E-state index is 9.00. The molecule has 150 valence electrons. The van der Waals surface area contributed by atoms with E-state index in [1.807, 2.05) is 37.3 Å². The largest absolute Gasteiger partial charge is 0.497 e. The first kappa shape index (κ1) is 23.8. The van der Waals surface area contributed by atoms with Crippen LogP contribution in [-0.2, 0) is 6.54 Å². The fraction of sp³-hybridized carbons (Fsp3) is 0.364. The van der Waals surface area contributed by atoms with Crippen LogP contribution in [0, 0.1) is 11.3 Å². The third-order valence-electron chi connectivity index (χ3n) is 4.37. The molecule has 2 aromatic carbocycles. The molecule has 0 amide bonds. The molecular formula is C22H29IN4O. The van der Waals surface area contributed by atoms with Crippen molar-refractivity contribution in [2.45, 2.75) is 32.7 Å². The van der Waals surface area contributed by atoms with E-state index in [0.29, 0.717) is 18.0 Å². The van der Waals surface area contributed by atoms with Gasteiger partial charge in [0.05, 0.1) is 25.3 Å². The smallest absolute Gasteiger partial charge is 0.191 e. The van der Waals surface area contributed by atoms with E-state index < -0.39 is 0 Å². The van der Waals surface area contributed by atoms with Gasteiger partial charge in [0, 0.05) is 13.1 Å². The van der Waals surface area contributed by atoms with Crippen molar-refractivity contribution in [3.05, 3.63) is 65.2 Å². The SMILES string of the molecule is CCNC(=NCc1cccc(C#N)c1)NCCC(C)c1ccc(OC)cc1.I. The van der Waals surface area contributed by atoms with Gasteiger partial charge in [-0.3, -0.25) is 0 Å². The maximum Gasteiger partial charge on any atom is 0.191 e. The molecule has 5 nitrogen and oxygen atoms in total. The minimum Gasteiger partial charge on any atom is -0.497 e. The summed E-state index contributed by atoms with van der Waals surface area (Å²) >= 11 is 0. The number of aliphatic imine (C=N–C) groups is 1. The van der Waals surface area contributed by atoms with Gasteiger partial charge in [0.1, 0.15) is 5.75 Å². The number of halogens is 1. The molecule has 2 rings (SSSR count). The van der Waals surface area contributed by atoms with Crippen molar-refractivity contribution in [1.82, 2.24) is 10.6 Å². The van der Waals surface area contributed by atoms with Crippen LogP contribution in [0.2, 0.25) is 0 Å². The standard InChI is InChI=1S/C22H28N4O.HI/c1-4-24-22(26-16-19-7-5-6-18(14-19)15-23)25-13-12-17(2)20-8-10-21(27-3)11-9-20;/h5-11,14,17H,4,12-13,16H2,1-3H3,(H2,24,25,26);1H. The molecule has 28 heavy (non-hydrogen) atoms. The minimum absolute atomic E-state index is 0. The second-order valence-electron chi connectivity index (χ2n) is 6.40. The fourth-order valence-corrected chi connectivity index (χ4v) is 2.76. The van der Waals surface area contributed by atoms with Gasteiger partial charge in [0.25, 0.3) is 0 Å². The van der Waals surface area contributed by atoms with Crippen molar-refractivity contribution >= 4 is 29.9 Å². The van der Waals surface area contributed by atoms with Crippen molar-refractivity contribution in [1.29, 1.82) is 5.26 Å². The lowest BCUT2D eigenvalue weighted by molar-refractivity contribution is 0.414. The Labute approximate surface area is 185 Å². The molecule has 0 radical (unpaired) electrons. The van der Waals surface area contributed by atoms with Gasteiger partial charge in [-0.25, -0.2) is 4.99 Å². The molecule has 0 aliphatic rings. The highest BCUT2D eigenvalue weighted by Crippen LogP contribution is 2.21. The van der Waals surface area contributed by atoms with Crippen molar-refractivity contribution in [3.8, 4) is 11.8 Å². The molecule has 6 heteroatoms. The van der Waals surface area contributed by atoms with E-state index in [1.54, 1.807) is 13.2 Å². The van der Waals surface area contributed by atoms with Gasteiger partial charge in [0.15, 0.2) is 5.96 Å². The third kappa shape index (κ3) is 7.77. The summed E-state index contributed by atoms with van der Waals surface area (Å²) in [6.07, 6.45) is 1.00. The summed E-state index contributed by atoms with van der Waals surface area (Å²) in [6, 6.07) is 17.9. The summed E-state index contributed by atoms with van der Waals surface area (Å²) in [5.74, 6) is 2.12. The van der Waals surface area contributed by atoms with Crippen LogP contribution in [-0.4, -0.2) is 26.2 Å². The molecule has 0 saturated heterocycles. The molecule has 0 bridgehead atoms. The summed E-state index contributed by atoms with van der Waals surface area (Å²) in [6.45, 7) is 6.45. The molecule has 2 aromatic rings. The lowest BCUT2D eigenvalue weighted by Gasteiger charge is -2.15. The number of hydrogen-bond acceptors (Lipinski definition) is 3. The minimum atomic E-state index is 0. The summed E-state index contributed by atoms with van der Waals surface area (Å²) in [5.41, 5.74) is 2.99. The van der Waals surface area contributed by atoms with Crippen LogP contribution in [0.25, 0.3) is 0 Å². The Morgan fingerprint density at radius 2 is 1.93 bits per heavy atom. The molecule has 1 atom stereocenters. The molecule has 0 spiro atoms. The Balaban J connectivity index is 0.00000392. The van der Waals surface area contributed by atoms with Crippen molar-refractivity contribution in [2.24, 2.45) is 4.99 Å². The lowest BCUT2D eigenvalue weighted by atomic mass is 9.98. The summed E-state index contributed by atoms with van der Waals surface area (Å²) < 4.78 is 5.21. The van der Waals surface area contributed by atoms with Crippen LogP contribution >= 0.6 is 24.0 Å². The topological polar surface area (TPSA) is 69.4 Å². The van der Waals surface area contributed by atoms with Gasteiger partial charge >= 0.3 is 0 Å². The van der Waals surface area contributed by atoms with E-state index >= 15 is 0 Å². The molecule has 1 unspecified atom stereocenters. The zero-order valence-corrected chi connectivity index (χ0v) is 19.1. The number of methoxy groups -OCH3 is 1. The van der Waals surface area contributed by atoms with Crippen LogP contribution in [0.5, 0.6) is 5.75 Å². The predicted octanol–water partition coefficient (Wildman–Crippen LogP) is 4.43. The number of nitrogens with zero attached hydrogens (tertiary/aromatic N) is 2. The highest BCUT2D eigenvalue weighted by Gasteiger charge is 2.06. The Kier molecular flexibility index (Phi) is 11.0. The van der Waals surface area contributed by atoms with Gasteiger partial charge < -0.3 is 15.4 Å². The van der Waals surface area contributed by atoms with Crippen molar-refractivity contribution < 1.29 is 4.74 Å². The molecule has 0 aliphatic carbocycles. The summed E-state index contributed by atoms with van der Waals surface area (Å²) in [7, 11) is 1.68. The van der Waals surface area contributed by atoms with Gasteiger partial charge in [-0.2, -0.15) is 5.26 Å². The number of guanidine groups is 1. The summed E-state index contributed by atoms with van der Waals surface area (Å²) in [4.78, 5) is 4.62. The second kappa shape index (κ2) is 13.0. The van der Waals surface area contributed by atoms with Gasteiger partial charge in [-0.15, -0.1) is 24.0 Å². The van der Waals surface area contributed by atoms with Crippen molar-refractivity contribution in [2.75, 3.05) is 20.2 Å². The monoisotopic (exact) mass is 492 g/mol. The summed E-state index contributed by atoms with van der Waals surface area (Å²) in [5, 5.41) is 15.7. The normalized spacial score (nSPS) is 11.7. The zero-order valence-electron chi connectivity index (χ0n) is 16.7. The molecule has 0 heterocycles. The van der Waals surface area contributed by atoms with E-state index in [9.17, 15) is 0 Å². The van der Waals surface area contributed by atoms with Crippen LogP contribution in [0.1, 0.15) is 42.9 Å². The molecule has 0 aliphatic heterocycles. The zero-order chi connectivity index (χ0) is 19.5.